The van der Waals surface area contributed by atoms with Crippen molar-refractivity contribution in [3.8, 4) is 0 Å². The minimum atomic E-state index is -4.45. The minimum Gasteiger partial charge on any atom is -0.322 e. The first kappa shape index (κ1) is 20.9. The number of carbonyl (C=O) groups excluding carboxylic acids is 1. The van der Waals surface area contributed by atoms with E-state index >= 15 is 0 Å². The molecule has 4 rings (SSSR count). The molecule has 4 aromatic rings. The normalized spacial score (nSPS) is 11.8. The zero-order valence-electron chi connectivity index (χ0n) is 16.4. The van der Waals surface area contributed by atoms with Gasteiger partial charge in [-0.25, -0.2) is 9.67 Å². The first-order valence-corrected chi connectivity index (χ1v) is 9.50. The van der Waals surface area contributed by atoms with Gasteiger partial charge in [0.2, 0.25) is 0 Å². The van der Waals surface area contributed by atoms with E-state index in [-0.39, 0.29) is 16.3 Å². The SMILES string of the molecule is Cc1nn(Cc2ccnn2C)c2ncc(C(=O)Nc3ccc(C(F)(F)F)cc3)c(Cl)c12. The van der Waals surface area contributed by atoms with Crippen LogP contribution in [0.5, 0.6) is 0 Å². The molecule has 3 aromatic heterocycles. The average molecular weight is 449 g/mol. The Hall–Kier alpha value is -3.40. The van der Waals surface area contributed by atoms with Gasteiger partial charge in [0.25, 0.3) is 5.91 Å². The molecule has 0 radical (unpaired) electrons. The van der Waals surface area contributed by atoms with Crippen molar-refractivity contribution in [2.45, 2.75) is 19.6 Å². The molecule has 0 saturated heterocycles. The molecular weight excluding hydrogens is 433 g/mol. The lowest BCUT2D eigenvalue weighted by Gasteiger charge is -2.10. The van der Waals surface area contributed by atoms with Crippen LogP contribution in [0.2, 0.25) is 5.02 Å². The van der Waals surface area contributed by atoms with E-state index in [0.717, 1.165) is 17.8 Å². The van der Waals surface area contributed by atoms with E-state index in [9.17, 15) is 18.0 Å². The zero-order valence-corrected chi connectivity index (χ0v) is 17.2. The number of benzene rings is 1. The van der Waals surface area contributed by atoms with Gasteiger partial charge in [0.1, 0.15) is 0 Å². The highest BCUT2D eigenvalue weighted by molar-refractivity contribution is 6.39. The number of nitrogens with one attached hydrogen (secondary N) is 1. The number of fused-ring (bicyclic) bond motifs is 1. The number of aryl methyl sites for hydroxylation is 2. The van der Waals surface area contributed by atoms with Crippen molar-refractivity contribution < 1.29 is 18.0 Å². The summed E-state index contributed by atoms with van der Waals surface area (Å²) >= 11 is 6.50. The maximum absolute atomic E-state index is 12.7. The van der Waals surface area contributed by atoms with Crippen molar-refractivity contribution in [2.24, 2.45) is 7.05 Å². The summed E-state index contributed by atoms with van der Waals surface area (Å²) in [5, 5.41) is 11.8. The van der Waals surface area contributed by atoms with Gasteiger partial charge in [0.15, 0.2) is 5.65 Å². The molecule has 0 saturated carbocycles. The first-order chi connectivity index (χ1) is 14.6. The van der Waals surface area contributed by atoms with Crippen LogP contribution in [0, 0.1) is 6.92 Å². The Morgan fingerprint density at radius 3 is 2.52 bits per heavy atom. The Morgan fingerprint density at radius 2 is 1.90 bits per heavy atom. The minimum absolute atomic E-state index is 0.0947. The number of pyridine rings is 1. The lowest BCUT2D eigenvalue weighted by molar-refractivity contribution is -0.137. The summed E-state index contributed by atoms with van der Waals surface area (Å²) in [6.45, 7) is 2.18. The van der Waals surface area contributed by atoms with E-state index < -0.39 is 17.6 Å². The molecule has 0 unspecified atom stereocenters. The molecule has 1 N–H and O–H groups in total. The van der Waals surface area contributed by atoms with E-state index in [1.165, 1.54) is 18.3 Å². The number of carbonyl (C=O) groups is 1. The summed E-state index contributed by atoms with van der Waals surface area (Å²) in [7, 11) is 1.82. The number of hydrogen-bond donors (Lipinski definition) is 1. The van der Waals surface area contributed by atoms with Gasteiger partial charge in [-0.05, 0) is 37.3 Å². The molecule has 0 aliphatic carbocycles. The van der Waals surface area contributed by atoms with Crippen LogP contribution in [0.4, 0.5) is 18.9 Å². The number of amides is 1. The zero-order chi connectivity index (χ0) is 22.3. The summed E-state index contributed by atoms with van der Waals surface area (Å²) in [5.74, 6) is -0.585. The second-order valence-corrected chi connectivity index (χ2v) is 7.28. The van der Waals surface area contributed by atoms with Crippen LogP contribution in [0.3, 0.4) is 0 Å². The van der Waals surface area contributed by atoms with Gasteiger partial charge < -0.3 is 5.32 Å². The summed E-state index contributed by atoms with van der Waals surface area (Å²) in [6.07, 6.45) is -1.45. The van der Waals surface area contributed by atoms with E-state index in [1.807, 2.05) is 13.1 Å². The van der Waals surface area contributed by atoms with Crippen molar-refractivity contribution >= 4 is 34.2 Å². The quantitative estimate of drug-likeness (QED) is 0.500. The van der Waals surface area contributed by atoms with Crippen molar-refractivity contribution in [1.29, 1.82) is 0 Å². The van der Waals surface area contributed by atoms with Gasteiger partial charge in [0, 0.05) is 25.1 Å². The van der Waals surface area contributed by atoms with Gasteiger partial charge in [-0.1, -0.05) is 11.6 Å². The Balaban J connectivity index is 1.62. The Labute approximate surface area is 179 Å². The molecule has 31 heavy (non-hydrogen) atoms. The van der Waals surface area contributed by atoms with Crippen LogP contribution in [0.1, 0.15) is 27.3 Å². The van der Waals surface area contributed by atoms with E-state index in [2.05, 4.69) is 20.5 Å². The summed E-state index contributed by atoms with van der Waals surface area (Å²) in [5.41, 5.74) is 1.51. The molecule has 0 bridgehead atoms. The lowest BCUT2D eigenvalue weighted by atomic mass is 10.1. The Morgan fingerprint density at radius 1 is 1.19 bits per heavy atom. The second kappa shape index (κ2) is 7.69. The monoisotopic (exact) mass is 448 g/mol. The third-order valence-electron chi connectivity index (χ3n) is 4.82. The predicted molar refractivity (Wildman–Crippen MR) is 109 cm³/mol. The predicted octanol–water partition coefficient (Wildman–Crippen LogP) is 4.45. The summed E-state index contributed by atoms with van der Waals surface area (Å²) in [6, 6.07) is 6.00. The largest absolute Gasteiger partial charge is 0.416 e. The molecular formula is C20H16ClF3N6O. The second-order valence-electron chi connectivity index (χ2n) is 6.90. The highest BCUT2D eigenvalue weighted by Crippen LogP contribution is 2.31. The Bertz CT molecular complexity index is 1280. The molecule has 0 aliphatic heterocycles. The Kier molecular flexibility index (Phi) is 5.18. The fourth-order valence-electron chi connectivity index (χ4n) is 3.19. The summed E-state index contributed by atoms with van der Waals surface area (Å²) < 4.78 is 41.5. The topological polar surface area (TPSA) is 77.6 Å². The maximum atomic E-state index is 12.7. The molecule has 7 nitrogen and oxygen atoms in total. The summed E-state index contributed by atoms with van der Waals surface area (Å²) in [4.78, 5) is 17.0. The van der Waals surface area contributed by atoms with Crippen molar-refractivity contribution in [2.75, 3.05) is 5.32 Å². The van der Waals surface area contributed by atoms with Gasteiger partial charge in [0.05, 0.1) is 39.5 Å². The van der Waals surface area contributed by atoms with Crippen LogP contribution in [0.25, 0.3) is 11.0 Å². The number of aromatic nitrogens is 5. The molecule has 11 heteroatoms. The number of hydrogen-bond acceptors (Lipinski definition) is 4. The van der Waals surface area contributed by atoms with E-state index in [1.54, 1.807) is 22.5 Å². The fourth-order valence-corrected chi connectivity index (χ4v) is 3.55. The van der Waals surface area contributed by atoms with Crippen LogP contribution in [0.15, 0.2) is 42.7 Å². The highest BCUT2D eigenvalue weighted by atomic mass is 35.5. The number of alkyl halides is 3. The standard InChI is InChI=1S/C20H16ClF3N6O/c1-11-16-17(21)15(19(31)27-13-5-3-12(4-6-13)20(22,23)24)9-25-18(16)30(28-11)10-14-7-8-26-29(14)2/h3-9H,10H2,1-2H3,(H,27,31). The van der Waals surface area contributed by atoms with Gasteiger partial charge >= 0.3 is 6.18 Å². The third-order valence-corrected chi connectivity index (χ3v) is 5.21. The molecule has 160 valence electrons. The smallest absolute Gasteiger partial charge is 0.322 e. The lowest BCUT2D eigenvalue weighted by Crippen LogP contribution is -2.14. The molecule has 0 fully saturated rings. The average Bonchev–Trinajstić information content (AvgIpc) is 3.25. The van der Waals surface area contributed by atoms with Crippen molar-refractivity contribution in [3.63, 3.8) is 0 Å². The molecule has 3 heterocycles. The van der Waals surface area contributed by atoms with E-state index in [0.29, 0.717) is 23.3 Å². The number of rotatable bonds is 4. The van der Waals surface area contributed by atoms with E-state index in [4.69, 9.17) is 11.6 Å². The highest BCUT2D eigenvalue weighted by Gasteiger charge is 2.30. The molecule has 1 aromatic carbocycles. The molecule has 0 aliphatic rings. The van der Waals surface area contributed by atoms with Gasteiger partial charge in [-0.15, -0.1) is 0 Å². The maximum Gasteiger partial charge on any atom is 0.416 e. The molecule has 0 atom stereocenters. The number of halogens is 4. The number of nitrogens with zero attached hydrogens (tertiary/aromatic N) is 5. The van der Waals surface area contributed by atoms with Gasteiger partial charge in [-0.3, -0.25) is 9.48 Å². The molecule has 0 spiro atoms. The van der Waals surface area contributed by atoms with Crippen molar-refractivity contribution in [3.05, 3.63) is 70.3 Å². The molecule has 1 amide bonds. The van der Waals surface area contributed by atoms with Gasteiger partial charge in [-0.2, -0.15) is 23.4 Å². The first-order valence-electron chi connectivity index (χ1n) is 9.12. The number of anilines is 1. The van der Waals surface area contributed by atoms with Crippen molar-refractivity contribution in [1.82, 2.24) is 24.5 Å². The van der Waals surface area contributed by atoms with Crippen LogP contribution in [-0.2, 0) is 19.8 Å². The van der Waals surface area contributed by atoms with Crippen LogP contribution < -0.4 is 5.32 Å². The fraction of sp³-hybridized carbons (Fsp3) is 0.200. The van der Waals surface area contributed by atoms with Crippen LogP contribution in [-0.4, -0.2) is 30.5 Å². The third kappa shape index (κ3) is 3.98. The van der Waals surface area contributed by atoms with Crippen LogP contribution >= 0.6 is 11.6 Å².